The van der Waals surface area contributed by atoms with Crippen molar-refractivity contribution in [1.82, 2.24) is 5.32 Å². The molecule has 24 heavy (non-hydrogen) atoms. The topological polar surface area (TPSA) is 97.2 Å². The maximum Gasteiger partial charge on any atom is 0.341 e. The van der Waals surface area contributed by atoms with Crippen LogP contribution in [0.1, 0.15) is 31.9 Å². The first-order valence-electron chi connectivity index (χ1n) is 7.47. The third-order valence-electron chi connectivity index (χ3n) is 3.67. The monoisotopic (exact) mass is 398 g/mol. The number of hydrogen-bond donors (Lipinski definition) is 2. The maximum atomic E-state index is 12.4. The van der Waals surface area contributed by atoms with Crippen LogP contribution in [0.15, 0.2) is 21.6 Å². The quantitative estimate of drug-likeness (QED) is 0.742. The van der Waals surface area contributed by atoms with Crippen LogP contribution in [0.2, 0.25) is 0 Å². The molecule has 0 aliphatic carbocycles. The second-order valence-electron chi connectivity index (χ2n) is 5.38. The van der Waals surface area contributed by atoms with Crippen molar-refractivity contribution >= 4 is 33.6 Å². The van der Waals surface area contributed by atoms with Gasteiger partial charge in [0.1, 0.15) is 5.92 Å². The third-order valence-corrected chi connectivity index (χ3v) is 4.28. The molecule has 0 fully saturated rings. The van der Waals surface area contributed by atoms with Gasteiger partial charge in [-0.05, 0) is 47.0 Å². The number of nitrogens with one attached hydrogen (secondary N) is 1. The average Bonchev–Trinajstić information content (AvgIpc) is 2.54. The molecule has 1 aliphatic rings. The van der Waals surface area contributed by atoms with Gasteiger partial charge in [0.2, 0.25) is 0 Å². The van der Waals surface area contributed by atoms with Crippen molar-refractivity contribution in [3.63, 3.8) is 0 Å². The Hall–Kier alpha value is -2.09. The molecule has 0 radical (unpaired) electrons. The fourth-order valence-corrected chi connectivity index (χ4v) is 2.98. The molecule has 0 saturated carbocycles. The van der Waals surface area contributed by atoms with Gasteiger partial charge in [0, 0.05) is 5.71 Å². The summed E-state index contributed by atoms with van der Waals surface area (Å²) in [7, 11) is 1.42. The average molecular weight is 399 g/mol. The summed E-state index contributed by atoms with van der Waals surface area (Å²) in [5.74, 6) is -1.02. The highest BCUT2D eigenvalue weighted by Crippen LogP contribution is 2.39. The summed E-state index contributed by atoms with van der Waals surface area (Å²) in [4.78, 5) is 28.0. The molecule has 0 saturated heterocycles. The lowest BCUT2D eigenvalue weighted by atomic mass is 9.88. The van der Waals surface area contributed by atoms with Crippen molar-refractivity contribution in [1.29, 1.82) is 0 Å². The molecule has 2 rings (SSSR count). The number of aromatic hydroxyl groups is 1. The van der Waals surface area contributed by atoms with Crippen LogP contribution in [0, 0.1) is 5.92 Å². The molecule has 1 heterocycles. The van der Waals surface area contributed by atoms with Gasteiger partial charge in [-0.2, -0.15) is 0 Å². The second-order valence-corrected chi connectivity index (χ2v) is 6.23. The number of carbonyl (C=O) groups excluding carboxylic acids is 2. The first-order chi connectivity index (χ1) is 11.4. The van der Waals surface area contributed by atoms with E-state index in [1.165, 1.54) is 7.11 Å². The zero-order chi connectivity index (χ0) is 17.9. The Morgan fingerprint density at radius 3 is 2.79 bits per heavy atom. The molecule has 0 aromatic heterocycles. The number of benzene rings is 1. The number of aliphatic imine (C=N–C) groups is 1. The lowest BCUT2D eigenvalue weighted by Crippen LogP contribution is -2.44. The number of urea groups is 1. The zero-order valence-corrected chi connectivity index (χ0v) is 15.2. The summed E-state index contributed by atoms with van der Waals surface area (Å²) in [6, 6.07) is 2.01. The predicted molar refractivity (Wildman–Crippen MR) is 91.5 cm³/mol. The van der Waals surface area contributed by atoms with Crippen LogP contribution < -0.4 is 10.1 Å². The number of ether oxygens (including phenoxy) is 2. The molecule has 1 aromatic rings. The first kappa shape index (κ1) is 18.3. The van der Waals surface area contributed by atoms with E-state index in [1.54, 1.807) is 19.1 Å². The summed E-state index contributed by atoms with van der Waals surface area (Å²) in [6.45, 7) is 3.82. The minimum Gasteiger partial charge on any atom is -0.503 e. The van der Waals surface area contributed by atoms with E-state index in [0.29, 0.717) is 28.8 Å². The van der Waals surface area contributed by atoms with Crippen LogP contribution in [0.5, 0.6) is 11.5 Å². The molecule has 2 amide bonds. The third kappa shape index (κ3) is 3.69. The molecule has 2 unspecified atom stereocenters. The normalized spacial score (nSPS) is 20.2. The summed E-state index contributed by atoms with van der Waals surface area (Å²) in [5, 5.41) is 12.6. The van der Waals surface area contributed by atoms with Crippen molar-refractivity contribution in [2.75, 3.05) is 13.7 Å². The van der Waals surface area contributed by atoms with Crippen molar-refractivity contribution in [2.45, 2.75) is 26.3 Å². The Labute approximate surface area is 148 Å². The van der Waals surface area contributed by atoms with Gasteiger partial charge >= 0.3 is 12.0 Å². The van der Waals surface area contributed by atoms with E-state index in [0.717, 1.165) is 0 Å². The Morgan fingerprint density at radius 1 is 1.46 bits per heavy atom. The molecular formula is C16H19BrN2O5. The van der Waals surface area contributed by atoms with Crippen LogP contribution in [0.4, 0.5) is 4.79 Å². The SMILES string of the molecule is CCCOC(=O)C1C(C)=NC(=O)NC1c1cc(Br)c(O)c(OC)c1. The number of halogens is 1. The molecule has 7 nitrogen and oxygen atoms in total. The molecular weight excluding hydrogens is 380 g/mol. The van der Waals surface area contributed by atoms with Gasteiger partial charge in [0.05, 0.1) is 24.2 Å². The van der Waals surface area contributed by atoms with Gasteiger partial charge < -0.3 is 19.9 Å². The fourth-order valence-electron chi connectivity index (χ4n) is 2.52. The van der Waals surface area contributed by atoms with Gasteiger partial charge in [0.15, 0.2) is 11.5 Å². The number of esters is 1. The van der Waals surface area contributed by atoms with E-state index >= 15 is 0 Å². The van der Waals surface area contributed by atoms with Crippen LogP contribution in [-0.2, 0) is 9.53 Å². The van der Waals surface area contributed by atoms with Gasteiger partial charge in [-0.1, -0.05) is 6.92 Å². The van der Waals surface area contributed by atoms with E-state index in [2.05, 4.69) is 26.2 Å². The molecule has 1 aromatic carbocycles. The maximum absolute atomic E-state index is 12.4. The van der Waals surface area contributed by atoms with E-state index in [9.17, 15) is 14.7 Å². The lowest BCUT2D eigenvalue weighted by molar-refractivity contribution is -0.147. The Morgan fingerprint density at radius 2 is 2.17 bits per heavy atom. The number of rotatable bonds is 5. The number of methoxy groups -OCH3 is 1. The summed E-state index contributed by atoms with van der Waals surface area (Å²) in [6.07, 6.45) is 0.699. The predicted octanol–water partition coefficient (Wildman–Crippen LogP) is 2.96. The van der Waals surface area contributed by atoms with Gasteiger partial charge in [-0.25, -0.2) is 9.79 Å². The highest BCUT2D eigenvalue weighted by Gasteiger charge is 2.38. The highest BCUT2D eigenvalue weighted by atomic mass is 79.9. The van der Waals surface area contributed by atoms with Crippen molar-refractivity contribution in [3.05, 3.63) is 22.2 Å². The first-order valence-corrected chi connectivity index (χ1v) is 8.27. The van der Waals surface area contributed by atoms with Gasteiger partial charge in [-0.15, -0.1) is 0 Å². The van der Waals surface area contributed by atoms with Crippen LogP contribution in [0.3, 0.4) is 0 Å². The zero-order valence-electron chi connectivity index (χ0n) is 13.6. The minimum absolute atomic E-state index is 0.0566. The molecule has 8 heteroatoms. The number of nitrogens with zero attached hydrogens (tertiary/aromatic N) is 1. The molecule has 130 valence electrons. The van der Waals surface area contributed by atoms with E-state index < -0.39 is 24.0 Å². The fraction of sp³-hybridized carbons (Fsp3) is 0.438. The summed E-state index contributed by atoms with van der Waals surface area (Å²) < 4.78 is 10.8. The summed E-state index contributed by atoms with van der Waals surface area (Å²) in [5.41, 5.74) is 0.977. The van der Waals surface area contributed by atoms with Crippen molar-refractivity contribution in [3.8, 4) is 11.5 Å². The van der Waals surface area contributed by atoms with Crippen molar-refractivity contribution < 1.29 is 24.2 Å². The summed E-state index contributed by atoms with van der Waals surface area (Å²) >= 11 is 3.24. The van der Waals surface area contributed by atoms with E-state index in [1.807, 2.05) is 6.92 Å². The minimum atomic E-state index is -0.740. The Balaban J connectivity index is 2.45. The standard InChI is InChI=1S/C16H19BrN2O5/c1-4-5-24-15(21)12-8(2)18-16(22)19-13(12)9-6-10(17)14(20)11(7-9)23-3/h6-7,12-13,20H,4-5H2,1-3H3,(H,19,22). The van der Waals surface area contributed by atoms with Crippen LogP contribution >= 0.6 is 15.9 Å². The lowest BCUT2D eigenvalue weighted by Gasteiger charge is -2.30. The number of hydrogen-bond acceptors (Lipinski definition) is 5. The van der Waals surface area contributed by atoms with E-state index in [4.69, 9.17) is 9.47 Å². The van der Waals surface area contributed by atoms with Crippen LogP contribution in [0.25, 0.3) is 0 Å². The number of phenols is 1. The smallest absolute Gasteiger partial charge is 0.341 e. The molecule has 1 aliphatic heterocycles. The molecule has 0 spiro atoms. The Bertz CT molecular complexity index is 689. The number of amides is 2. The van der Waals surface area contributed by atoms with Crippen LogP contribution in [-0.4, -0.2) is 36.5 Å². The second kappa shape index (κ2) is 7.65. The molecule has 2 atom stereocenters. The number of phenolic OH excluding ortho intramolecular Hbond substituents is 1. The highest BCUT2D eigenvalue weighted by molar-refractivity contribution is 9.10. The van der Waals surface area contributed by atoms with Crippen molar-refractivity contribution in [2.24, 2.45) is 10.9 Å². The number of carbonyl (C=O) groups is 2. The van der Waals surface area contributed by atoms with Gasteiger partial charge in [-0.3, -0.25) is 4.79 Å². The molecule has 2 N–H and O–H groups in total. The molecule has 0 bridgehead atoms. The Kier molecular flexibility index (Phi) is 5.82. The van der Waals surface area contributed by atoms with Gasteiger partial charge in [0.25, 0.3) is 0 Å². The largest absolute Gasteiger partial charge is 0.503 e. The van der Waals surface area contributed by atoms with E-state index in [-0.39, 0.29) is 11.5 Å².